The van der Waals surface area contributed by atoms with E-state index < -0.39 is 0 Å². The first-order valence-electron chi connectivity index (χ1n) is 6.87. The topological polar surface area (TPSA) is 0 Å². The quantitative estimate of drug-likeness (QED) is 0.581. The molecule has 0 aromatic heterocycles. The average Bonchev–Trinajstić information content (AvgIpc) is 2.30. The van der Waals surface area contributed by atoms with Crippen molar-refractivity contribution in [3.05, 3.63) is 35.4 Å². The van der Waals surface area contributed by atoms with Gasteiger partial charge in [-0.1, -0.05) is 78.9 Å². The first-order chi connectivity index (χ1) is 8.17. The Balaban J connectivity index is 2.54. The summed E-state index contributed by atoms with van der Waals surface area (Å²) in [5.74, 6) is 0.815. The molecule has 0 bridgehead atoms. The molecule has 2 atom stereocenters. The molecule has 0 nitrogen and oxygen atoms in total. The van der Waals surface area contributed by atoms with E-state index in [-0.39, 0.29) is 0 Å². The third-order valence-corrected chi connectivity index (χ3v) is 4.55. The van der Waals surface area contributed by atoms with Gasteiger partial charge in [0.2, 0.25) is 0 Å². The summed E-state index contributed by atoms with van der Waals surface area (Å²) < 4.78 is 0. The monoisotopic (exact) mass is 296 g/mol. The zero-order valence-corrected chi connectivity index (χ0v) is 13.0. The van der Waals surface area contributed by atoms with Gasteiger partial charge in [0.1, 0.15) is 0 Å². The zero-order chi connectivity index (χ0) is 12.7. The first kappa shape index (κ1) is 14.8. The lowest BCUT2D eigenvalue weighted by molar-refractivity contribution is 0.437. The van der Waals surface area contributed by atoms with Crippen LogP contribution in [0.3, 0.4) is 0 Å². The summed E-state index contributed by atoms with van der Waals surface area (Å²) in [4.78, 5) is 0.626. The highest BCUT2D eigenvalue weighted by atomic mass is 79.9. The lowest BCUT2D eigenvalue weighted by Gasteiger charge is -2.21. The molecule has 17 heavy (non-hydrogen) atoms. The predicted octanol–water partition coefficient (Wildman–Crippen LogP) is 5.52. The Morgan fingerprint density at radius 3 is 2.59 bits per heavy atom. The number of benzene rings is 1. The van der Waals surface area contributed by atoms with Crippen molar-refractivity contribution < 1.29 is 0 Å². The van der Waals surface area contributed by atoms with E-state index in [0.29, 0.717) is 4.83 Å². The molecule has 0 spiro atoms. The van der Waals surface area contributed by atoms with Crippen LogP contribution in [-0.4, -0.2) is 4.83 Å². The van der Waals surface area contributed by atoms with E-state index in [0.717, 1.165) is 12.3 Å². The molecular weight excluding hydrogens is 272 g/mol. The fraction of sp³-hybridized carbons (Fsp3) is 0.625. The Morgan fingerprint density at radius 2 is 2.00 bits per heavy atom. The Bertz CT molecular complexity index is 319. The van der Waals surface area contributed by atoms with Crippen LogP contribution in [0.1, 0.15) is 50.7 Å². The summed E-state index contributed by atoms with van der Waals surface area (Å²) >= 11 is 3.90. The maximum Gasteiger partial charge on any atom is 0.0214 e. The van der Waals surface area contributed by atoms with Gasteiger partial charge in [0.05, 0.1) is 0 Å². The Morgan fingerprint density at radius 1 is 1.24 bits per heavy atom. The fourth-order valence-corrected chi connectivity index (χ4v) is 3.35. The molecule has 2 unspecified atom stereocenters. The van der Waals surface area contributed by atoms with Crippen molar-refractivity contribution in [2.75, 3.05) is 0 Å². The van der Waals surface area contributed by atoms with E-state index in [1.54, 1.807) is 0 Å². The van der Waals surface area contributed by atoms with Gasteiger partial charge in [-0.3, -0.25) is 0 Å². The molecule has 0 amide bonds. The molecule has 1 aromatic rings. The van der Waals surface area contributed by atoms with Crippen LogP contribution >= 0.6 is 15.9 Å². The molecule has 0 saturated carbocycles. The molecule has 0 aliphatic heterocycles. The summed E-state index contributed by atoms with van der Waals surface area (Å²) in [6.45, 7) is 6.75. The van der Waals surface area contributed by atoms with E-state index in [4.69, 9.17) is 0 Å². The first-order valence-corrected chi connectivity index (χ1v) is 7.78. The molecule has 0 fully saturated rings. The second-order valence-corrected chi connectivity index (χ2v) is 6.20. The number of alkyl halides is 1. The van der Waals surface area contributed by atoms with Crippen molar-refractivity contribution in [3.63, 3.8) is 0 Å². The van der Waals surface area contributed by atoms with Crippen molar-refractivity contribution in [1.29, 1.82) is 0 Å². The highest BCUT2D eigenvalue weighted by Gasteiger charge is 2.16. The predicted molar refractivity (Wildman–Crippen MR) is 80.9 cm³/mol. The summed E-state index contributed by atoms with van der Waals surface area (Å²) in [5, 5.41) is 0. The summed E-state index contributed by atoms with van der Waals surface area (Å²) in [7, 11) is 0. The molecule has 0 aliphatic rings. The van der Waals surface area contributed by atoms with Crippen molar-refractivity contribution in [1.82, 2.24) is 0 Å². The number of halogens is 1. The van der Waals surface area contributed by atoms with Crippen LogP contribution in [0.25, 0.3) is 0 Å². The van der Waals surface area contributed by atoms with E-state index in [1.165, 1.54) is 36.8 Å². The van der Waals surface area contributed by atoms with Gasteiger partial charge >= 0.3 is 0 Å². The van der Waals surface area contributed by atoms with Crippen molar-refractivity contribution in [3.8, 4) is 0 Å². The van der Waals surface area contributed by atoms with Crippen molar-refractivity contribution >= 4 is 15.9 Å². The van der Waals surface area contributed by atoms with Crippen LogP contribution < -0.4 is 0 Å². The second-order valence-electron chi connectivity index (χ2n) is 5.02. The minimum Gasteiger partial charge on any atom is -0.0884 e. The fourth-order valence-electron chi connectivity index (χ4n) is 2.34. The SMILES string of the molecule is CCCCC(CC)C(Br)Cc1cccc(C)c1. The summed E-state index contributed by atoms with van der Waals surface area (Å²) in [6.07, 6.45) is 6.45. The van der Waals surface area contributed by atoms with Crippen LogP contribution in [0.5, 0.6) is 0 Å². The number of rotatable bonds is 7. The van der Waals surface area contributed by atoms with Gasteiger partial charge in [0.15, 0.2) is 0 Å². The number of hydrogen-bond acceptors (Lipinski definition) is 0. The molecule has 1 rings (SSSR count). The number of aryl methyl sites for hydroxylation is 1. The molecule has 96 valence electrons. The molecule has 1 heteroatoms. The van der Waals surface area contributed by atoms with Gasteiger partial charge in [-0.05, 0) is 31.2 Å². The van der Waals surface area contributed by atoms with Crippen molar-refractivity contribution in [2.24, 2.45) is 5.92 Å². The van der Waals surface area contributed by atoms with Crippen LogP contribution in [0.2, 0.25) is 0 Å². The Hall–Kier alpha value is -0.300. The van der Waals surface area contributed by atoms with Crippen LogP contribution in [-0.2, 0) is 6.42 Å². The van der Waals surface area contributed by atoms with Crippen LogP contribution in [0.15, 0.2) is 24.3 Å². The second kappa shape index (κ2) is 7.92. The van der Waals surface area contributed by atoms with Gasteiger partial charge in [0.25, 0.3) is 0 Å². The summed E-state index contributed by atoms with van der Waals surface area (Å²) in [5.41, 5.74) is 2.82. The zero-order valence-electron chi connectivity index (χ0n) is 11.4. The minimum atomic E-state index is 0.626. The molecular formula is C16H25Br. The van der Waals surface area contributed by atoms with Crippen LogP contribution in [0.4, 0.5) is 0 Å². The van der Waals surface area contributed by atoms with E-state index in [1.807, 2.05) is 0 Å². The van der Waals surface area contributed by atoms with E-state index in [2.05, 4.69) is 61.0 Å². The van der Waals surface area contributed by atoms with E-state index in [9.17, 15) is 0 Å². The van der Waals surface area contributed by atoms with Gasteiger partial charge in [-0.15, -0.1) is 0 Å². The Kier molecular flexibility index (Phi) is 6.87. The Labute approximate surface area is 115 Å². The third-order valence-electron chi connectivity index (χ3n) is 3.48. The van der Waals surface area contributed by atoms with Gasteiger partial charge < -0.3 is 0 Å². The van der Waals surface area contributed by atoms with E-state index >= 15 is 0 Å². The highest BCUT2D eigenvalue weighted by Crippen LogP contribution is 2.26. The highest BCUT2D eigenvalue weighted by molar-refractivity contribution is 9.09. The largest absolute Gasteiger partial charge is 0.0884 e. The smallest absolute Gasteiger partial charge is 0.0214 e. The average molecular weight is 297 g/mol. The standard InChI is InChI=1S/C16H25Br/c1-4-6-10-15(5-2)16(17)12-14-9-7-8-13(3)11-14/h7-9,11,15-16H,4-6,10,12H2,1-3H3. The maximum atomic E-state index is 3.90. The number of hydrogen-bond donors (Lipinski definition) is 0. The molecule has 0 saturated heterocycles. The molecule has 0 N–H and O–H groups in total. The van der Waals surface area contributed by atoms with Gasteiger partial charge in [-0.25, -0.2) is 0 Å². The van der Waals surface area contributed by atoms with Gasteiger partial charge in [0, 0.05) is 4.83 Å². The molecule has 0 heterocycles. The molecule has 0 aliphatic carbocycles. The lowest BCUT2D eigenvalue weighted by atomic mass is 9.92. The molecule has 1 aromatic carbocycles. The maximum absolute atomic E-state index is 3.90. The van der Waals surface area contributed by atoms with Gasteiger partial charge in [-0.2, -0.15) is 0 Å². The third kappa shape index (κ3) is 5.25. The molecule has 0 radical (unpaired) electrons. The van der Waals surface area contributed by atoms with Crippen molar-refractivity contribution in [2.45, 2.75) is 57.7 Å². The van der Waals surface area contributed by atoms with Crippen LogP contribution in [0, 0.1) is 12.8 Å². The summed E-state index contributed by atoms with van der Waals surface area (Å²) in [6, 6.07) is 8.88. The number of unbranched alkanes of at least 4 members (excludes halogenated alkanes) is 1. The minimum absolute atomic E-state index is 0.626. The lowest BCUT2D eigenvalue weighted by Crippen LogP contribution is -2.16. The normalized spacial score (nSPS) is 14.6.